The number of fused-ring (bicyclic) bond motifs is 1. The number of amides is 1. The molecule has 1 fully saturated rings. The van der Waals surface area contributed by atoms with E-state index >= 15 is 0 Å². The summed E-state index contributed by atoms with van der Waals surface area (Å²) in [5.41, 5.74) is 1.95. The molecule has 0 saturated carbocycles. The van der Waals surface area contributed by atoms with Crippen molar-refractivity contribution in [1.29, 1.82) is 0 Å². The SMILES string of the molecule is O=C(c1cnn2c1CCC2)N1CCC(Cc2ncc[nH]2)CC1. The van der Waals surface area contributed by atoms with Crippen LogP contribution in [-0.4, -0.2) is 43.6 Å². The lowest BCUT2D eigenvalue weighted by Gasteiger charge is -2.31. The third-order valence-corrected chi connectivity index (χ3v) is 4.90. The Morgan fingerprint density at radius 3 is 2.95 bits per heavy atom. The van der Waals surface area contributed by atoms with E-state index in [0.717, 1.165) is 68.8 Å². The molecule has 2 aliphatic heterocycles. The molecule has 2 aromatic rings. The number of imidazole rings is 1. The van der Waals surface area contributed by atoms with Crippen LogP contribution in [0.1, 0.15) is 41.1 Å². The number of piperidine rings is 1. The number of carbonyl (C=O) groups excluding carboxylic acids is 1. The fourth-order valence-corrected chi connectivity index (χ4v) is 3.64. The molecule has 6 nitrogen and oxygen atoms in total. The van der Waals surface area contributed by atoms with Gasteiger partial charge in [-0.25, -0.2) is 4.98 Å². The molecule has 116 valence electrons. The molecule has 0 aromatic carbocycles. The molecule has 6 heteroatoms. The van der Waals surface area contributed by atoms with Crippen molar-refractivity contribution in [2.45, 2.75) is 38.6 Å². The number of hydrogen-bond donors (Lipinski definition) is 1. The highest BCUT2D eigenvalue weighted by molar-refractivity contribution is 5.95. The number of likely N-dealkylation sites (tertiary alicyclic amines) is 1. The second-order valence-electron chi connectivity index (χ2n) is 6.31. The van der Waals surface area contributed by atoms with Gasteiger partial charge in [0.05, 0.1) is 17.5 Å². The fourth-order valence-electron chi connectivity index (χ4n) is 3.64. The molecular formula is C16H21N5O. The summed E-state index contributed by atoms with van der Waals surface area (Å²) in [6.45, 7) is 2.64. The minimum absolute atomic E-state index is 0.166. The topological polar surface area (TPSA) is 66.8 Å². The van der Waals surface area contributed by atoms with E-state index in [-0.39, 0.29) is 5.91 Å². The summed E-state index contributed by atoms with van der Waals surface area (Å²) < 4.78 is 1.98. The van der Waals surface area contributed by atoms with Gasteiger partial charge in [0.25, 0.3) is 5.91 Å². The average Bonchev–Trinajstić information content (AvgIpc) is 3.25. The quantitative estimate of drug-likeness (QED) is 0.937. The Hall–Kier alpha value is -2.11. The van der Waals surface area contributed by atoms with E-state index < -0.39 is 0 Å². The minimum atomic E-state index is 0.166. The van der Waals surface area contributed by atoms with E-state index in [1.807, 2.05) is 15.8 Å². The van der Waals surface area contributed by atoms with Crippen molar-refractivity contribution < 1.29 is 4.79 Å². The van der Waals surface area contributed by atoms with Gasteiger partial charge >= 0.3 is 0 Å². The lowest BCUT2D eigenvalue weighted by Crippen LogP contribution is -2.39. The van der Waals surface area contributed by atoms with Crippen LogP contribution in [0.5, 0.6) is 0 Å². The van der Waals surface area contributed by atoms with Crippen LogP contribution in [0.25, 0.3) is 0 Å². The number of aromatic nitrogens is 4. The predicted octanol–water partition coefficient (Wildman–Crippen LogP) is 1.65. The van der Waals surface area contributed by atoms with Crippen molar-refractivity contribution in [2.24, 2.45) is 5.92 Å². The van der Waals surface area contributed by atoms with Gasteiger partial charge in [0.1, 0.15) is 5.82 Å². The highest BCUT2D eigenvalue weighted by Crippen LogP contribution is 2.24. The van der Waals surface area contributed by atoms with Crippen molar-refractivity contribution in [2.75, 3.05) is 13.1 Å². The van der Waals surface area contributed by atoms with E-state index in [0.29, 0.717) is 5.92 Å². The van der Waals surface area contributed by atoms with Crippen LogP contribution in [-0.2, 0) is 19.4 Å². The largest absolute Gasteiger partial charge is 0.349 e. The zero-order valence-electron chi connectivity index (χ0n) is 12.7. The van der Waals surface area contributed by atoms with E-state index in [2.05, 4.69) is 15.1 Å². The van der Waals surface area contributed by atoms with E-state index in [1.54, 1.807) is 12.4 Å². The normalized spacial score (nSPS) is 18.6. The van der Waals surface area contributed by atoms with Crippen LogP contribution in [0.2, 0.25) is 0 Å². The zero-order valence-corrected chi connectivity index (χ0v) is 12.7. The summed E-state index contributed by atoms with van der Waals surface area (Å²) in [6, 6.07) is 0. The molecule has 22 heavy (non-hydrogen) atoms. The van der Waals surface area contributed by atoms with E-state index in [1.165, 1.54) is 0 Å². The Morgan fingerprint density at radius 2 is 2.18 bits per heavy atom. The fraction of sp³-hybridized carbons (Fsp3) is 0.562. The van der Waals surface area contributed by atoms with E-state index in [4.69, 9.17) is 0 Å². The summed E-state index contributed by atoms with van der Waals surface area (Å²) in [5.74, 6) is 1.84. The Kier molecular flexibility index (Phi) is 3.44. The molecule has 1 N–H and O–H groups in total. The molecule has 4 rings (SSSR count). The van der Waals surface area contributed by atoms with Gasteiger partial charge in [0.2, 0.25) is 0 Å². The van der Waals surface area contributed by atoms with Gasteiger partial charge in [-0.1, -0.05) is 0 Å². The highest BCUT2D eigenvalue weighted by Gasteiger charge is 2.28. The van der Waals surface area contributed by atoms with Gasteiger partial charge < -0.3 is 9.88 Å². The molecule has 4 heterocycles. The van der Waals surface area contributed by atoms with Crippen LogP contribution in [0.4, 0.5) is 0 Å². The molecule has 0 spiro atoms. The van der Waals surface area contributed by atoms with Gasteiger partial charge in [-0.2, -0.15) is 5.10 Å². The first-order chi connectivity index (χ1) is 10.8. The molecule has 1 saturated heterocycles. The molecule has 0 atom stereocenters. The Balaban J connectivity index is 1.38. The number of hydrogen-bond acceptors (Lipinski definition) is 3. The molecule has 2 aromatic heterocycles. The number of aromatic amines is 1. The van der Waals surface area contributed by atoms with Crippen LogP contribution in [0.3, 0.4) is 0 Å². The van der Waals surface area contributed by atoms with Crippen LogP contribution in [0, 0.1) is 5.92 Å². The third kappa shape index (κ3) is 2.42. The minimum Gasteiger partial charge on any atom is -0.349 e. The predicted molar refractivity (Wildman–Crippen MR) is 81.5 cm³/mol. The molecule has 0 bridgehead atoms. The highest BCUT2D eigenvalue weighted by atomic mass is 16.2. The molecule has 0 radical (unpaired) electrons. The lowest BCUT2D eigenvalue weighted by molar-refractivity contribution is 0.0689. The van der Waals surface area contributed by atoms with Crippen molar-refractivity contribution >= 4 is 5.91 Å². The standard InChI is InChI=1S/C16H21N5O/c22-16(13-11-19-21-7-1-2-14(13)21)20-8-3-12(4-9-20)10-15-17-5-6-18-15/h5-6,11-12H,1-4,7-10H2,(H,17,18). The van der Waals surface area contributed by atoms with Gasteiger partial charge in [-0.15, -0.1) is 0 Å². The van der Waals surface area contributed by atoms with Crippen LogP contribution >= 0.6 is 0 Å². The zero-order chi connectivity index (χ0) is 14.9. The van der Waals surface area contributed by atoms with Gasteiger partial charge in [-0.3, -0.25) is 9.48 Å². The summed E-state index contributed by atoms with van der Waals surface area (Å²) in [4.78, 5) is 22.2. The first kappa shape index (κ1) is 13.5. The van der Waals surface area contributed by atoms with Gasteiger partial charge in [0, 0.05) is 38.4 Å². The molecular weight excluding hydrogens is 278 g/mol. The molecule has 2 aliphatic rings. The second-order valence-corrected chi connectivity index (χ2v) is 6.31. The Morgan fingerprint density at radius 1 is 1.32 bits per heavy atom. The lowest BCUT2D eigenvalue weighted by atomic mass is 9.93. The van der Waals surface area contributed by atoms with Crippen LogP contribution in [0.15, 0.2) is 18.6 Å². The maximum atomic E-state index is 12.7. The first-order valence-corrected chi connectivity index (χ1v) is 8.13. The number of aryl methyl sites for hydroxylation is 1. The first-order valence-electron chi connectivity index (χ1n) is 8.13. The Bertz CT molecular complexity index is 652. The summed E-state index contributed by atoms with van der Waals surface area (Å²) in [6.07, 6.45) is 10.6. The number of carbonyl (C=O) groups is 1. The van der Waals surface area contributed by atoms with Crippen molar-refractivity contribution in [3.63, 3.8) is 0 Å². The van der Waals surface area contributed by atoms with Crippen molar-refractivity contribution in [3.8, 4) is 0 Å². The van der Waals surface area contributed by atoms with Gasteiger partial charge in [0.15, 0.2) is 0 Å². The van der Waals surface area contributed by atoms with Crippen molar-refractivity contribution in [1.82, 2.24) is 24.6 Å². The molecule has 0 aliphatic carbocycles. The number of nitrogens with one attached hydrogen (secondary N) is 1. The summed E-state index contributed by atoms with van der Waals surface area (Å²) in [5, 5.41) is 4.33. The number of rotatable bonds is 3. The maximum Gasteiger partial charge on any atom is 0.257 e. The molecule has 1 amide bonds. The third-order valence-electron chi connectivity index (χ3n) is 4.90. The monoisotopic (exact) mass is 299 g/mol. The molecule has 0 unspecified atom stereocenters. The smallest absolute Gasteiger partial charge is 0.257 e. The number of H-pyrrole nitrogens is 1. The summed E-state index contributed by atoms with van der Waals surface area (Å²) in [7, 11) is 0. The van der Waals surface area contributed by atoms with Crippen molar-refractivity contribution in [3.05, 3.63) is 35.7 Å². The average molecular weight is 299 g/mol. The summed E-state index contributed by atoms with van der Waals surface area (Å²) >= 11 is 0. The van der Waals surface area contributed by atoms with Crippen LogP contribution < -0.4 is 0 Å². The maximum absolute atomic E-state index is 12.7. The van der Waals surface area contributed by atoms with Gasteiger partial charge in [-0.05, 0) is 31.6 Å². The van der Waals surface area contributed by atoms with E-state index in [9.17, 15) is 4.79 Å². The number of nitrogens with zero attached hydrogens (tertiary/aromatic N) is 4. The second kappa shape index (κ2) is 5.59. The Labute approximate surface area is 129 Å².